The van der Waals surface area contributed by atoms with Gasteiger partial charge in [0.05, 0.1) is 23.8 Å². The Morgan fingerprint density at radius 1 is 1.21 bits per heavy atom. The van der Waals surface area contributed by atoms with Crippen molar-refractivity contribution >= 4 is 11.8 Å². The van der Waals surface area contributed by atoms with Crippen molar-refractivity contribution in [3.63, 3.8) is 0 Å². The molecule has 1 fully saturated rings. The third kappa shape index (κ3) is 5.42. The fourth-order valence-electron chi connectivity index (χ4n) is 4.49. The summed E-state index contributed by atoms with van der Waals surface area (Å²) in [7, 11) is 3.81. The molecule has 2 aliphatic heterocycles. The van der Waals surface area contributed by atoms with Crippen LogP contribution in [-0.2, 0) is 15.7 Å². The van der Waals surface area contributed by atoms with Gasteiger partial charge in [-0.1, -0.05) is 30.3 Å². The van der Waals surface area contributed by atoms with Crippen molar-refractivity contribution in [1.82, 2.24) is 10.2 Å². The van der Waals surface area contributed by atoms with E-state index in [1.54, 1.807) is 0 Å². The molecule has 1 saturated heterocycles. The number of nitrogens with zero attached hydrogens (tertiary/aromatic N) is 1. The first-order valence-corrected chi connectivity index (χ1v) is 11.0. The summed E-state index contributed by atoms with van der Waals surface area (Å²) in [4.78, 5) is 13.9. The maximum atomic E-state index is 13.4. The van der Waals surface area contributed by atoms with Crippen LogP contribution in [0.1, 0.15) is 35.3 Å². The first-order valence-electron chi connectivity index (χ1n) is 11.0. The number of halogens is 3. The Labute approximate surface area is 191 Å². The normalized spacial score (nSPS) is 24.1. The molecular formula is C24H28F3N3O3. The molecule has 9 heteroatoms. The predicted octanol–water partition coefficient (Wildman–Crippen LogP) is 4.61. The molecular weight excluding hydrogens is 435 g/mol. The lowest BCUT2D eigenvalue weighted by Gasteiger charge is -2.36. The molecule has 4 rings (SSSR count). The molecule has 2 N–H and O–H groups in total. The van der Waals surface area contributed by atoms with Crippen LogP contribution in [-0.4, -0.2) is 50.9 Å². The van der Waals surface area contributed by atoms with Crippen LogP contribution in [0.3, 0.4) is 0 Å². The van der Waals surface area contributed by atoms with Gasteiger partial charge in [-0.15, -0.1) is 0 Å². The largest absolute Gasteiger partial charge is 0.447 e. The van der Waals surface area contributed by atoms with Crippen LogP contribution >= 0.6 is 0 Å². The van der Waals surface area contributed by atoms with Gasteiger partial charge in [0, 0.05) is 30.3 Å². The van der Waals surface area contributed by atoms with Crippen LogP contribution in [0.2, 0.25) is 0 Å². The van der Waals surface area contributed by atoms with Crippen molar-refractivity contribution < 1.29 is 27.4 Å². The van der Waals surface area contributed by atoms with Gasteiger partial charge in [-0.25, -0.2) is 4.79 Å². The van der Waals surface area contributed by atoms with E-state index >= 15 is 0 Å². The summed E-state index contributed by atoms with van der Waals surface area (Å²) < 4.78 is 51.6. The number of alkyl carbamates (subject to hydrolysis) is 1. The molecule has 0 radical (unpaired) electrons. The summed E-state index contributed by atoms with van der Waals surface area (Å²) in [6.07, 6.45) is -5.36. The second-order valence-electron chi connectivity index (χ2n) is 8.74. The number of anilines is 1. The topological polar surface area (TPSA) is 62.8 Å². The minimum Gasteiger partial charge on any atom is -0.447 e. The van der Waals surface area contributed by atoms with Gasteiger partial charge in [-0.3, -0.25) is 0 Å². The minimum atomic E-state index is -4.44. The van der Waals surface area contributed by atoms with Crippen molar-refractivity contribution in [2.75, 3.05) is 39.1 Å². The molecule has 33 heavy (non-hydrogen) atoms. The number of rotatable bonds is 6. The number of benzene rings is 2. The van der Waals surface area contributed by atoms with E-state index in [4.69, 9.17) is 9.47 Å². The Balaban J connectivity index is 1.52. The quantitative estimate of drug-likeness (QED) is 0.655. The van der Waals surface area contributed by atoms with E-state index in [1.807, 2.05) is 49.3 Å². The van der Waals surface area contributed by atoms with Gasteiger partial charge in [0.15, 0.2) is 0 Å². The zero-order valence-corrected chi connectivity index (χ0v) is 18.6. The van der Waals surface area contributed by atoms with Crippen molar-refractivity contribution in [2.45, 2.75) is 30.8 Å². The Morgan fingerprint density at radius 2 is 1.97 bits per heavy atom. The van der Waals surface area contributed by atoms with Gasteiger partial charge in [0.1, 0.15) is 6.61 Å². The number of fused-ring (bicyclic) bond motifs is 3. The number of carbonyl (C=O) groups excluding carboxylic acids is 1. The Morgan fingerprint density at radius 3 is 2.67 bits per heavy atom. The molecule has 0 bridgehead atoms. The lowest BCUT2D eigenvalue weighted by atomic mass is 9.80. The number of ether oxygens (including phenoxy) is 2. The summed E-state index contributed by atoms with van der Waals surface area (Å²) in [6.45, 7) is 1.18. The summed E-state index contributed by atoms with van der Waals surface area (Å²) >= 11 is 0. The summed E-state index contributed by atoms with van der Waals surface area (Å²) in [5.41, 5.74) is 1.44. The summed E-state index contributed by atoms with van der Waals surface area (Å²) in [5, 5.41) is 6.09. The molecule has 0 aromatic heterocycles. The molecule has 0 spiro atoms. The standard InChI is InChI=1S/C24H28F3N3O3/c1-30(2)11-10-28-23(31)32-14-17-13-19-21(15-6-4-3-5-7-15)29-20-9-8-16(24(25,26)27)12-18(20)22(19)33-17/h3-9,12,17,19,21-22,29H,10-11,13-14H2,1-2H3,(H,28,31). The van der Waals surface area contributed by atoms with E-state index in [2.05, 4.69) is 10.6 Å². The van der Waals surface area contributed by atoms with Crippen LogP contribution in [0.4, 0.5) is 23.7 Å². The SMILES string of the molecule is CN(C)CCNC(=O)OCC1CC2C(c3ccccc3)Nc3ccc(C(F)(F)F)cc3C2O1. The molecule has 0 aliphatic carbocycles. The Kier molecular flexibility index (Phi) is 6.81. The predicted molar refractivity (Wildman–Crippen MR) is 118 cm³/mol. The smallest absolute Gasteiger partial charge is 0.416 e. The number of amides is 1. The number of hydrogen-bond donors (Lipinski definition) is 2. The maximum Gasteiger partial charge on any atom is 0.416 e. The molecule has 178 valence electrons. The zero-order chi connectivity index (χ0) is 23.6. The van der Waals surface area contributed by atoms with E-state index in [-0.39, 0.29) is 18.6 Å². The second-order valence-corrected chi connectivity index (χ2v) is 8.74. The van der Waals surface area contributed by atoms with Gasteiger partial charge in [-0.2, -0.15) is 13.2 Å². The average molecular weight is 464 g/mol. The number of nitrogens with one attached hydrogen (secondary N) is 2. The Hall–Kier alpha value is -2.78. The van der Waals surface area contributed by atoms with E-state index in [1.165, 1.54) is 12.1 Å². The lowest BCUT2D eigenvalue weighted by Crippen LogP contribution is -2.33. The third-order valence-electron chi connectivity index (χ3n) is 6.07. The van der Waals surface area contributed by atoms with Crippen LogP contribution in [0.15, 0.2) is 48.5 Å². The first-order chi connectivity index (χ1) is 15.7. The highest BCUT2D eigenvalue weighted by molar-refractivity contribution is 5.67. The molecule has 1 amide bonds. The molecule has 2 aromatic rings. The molecule has 2 aliphatic rings. The van der Waals surface area contributed by atoms with E-state index in [0.717, 1.165) is 11.6 Å². The number of likely N-dealkylation sites (N-methyl/N-ethyl adjacent to an activating group) is 1. The summed E-state index contributed by atoms with van der Waals surface area (Å²) in [5.74, 6) is -0.103. The fourth-order valence-corrected chi connectivity index (χ4v) is 4.49. The van der Waals surface area contributed by atoms with E-state index in [0.29, 0.717) is 30.8 Å². The molecule has 6 nitrogen and oxygen atoms in total. The summed E-state index contributed by atoms with van der Waals surface area (Å²) in [6, 6.07) is 13.4. The van der Waals surface area contributed by atoms with Crippen LogP contribution in [0.25, 0.3) is 0 Å². The molecule has 2 heterocycles. The highest BCUT2D eigenvalue weighted by atomic mass is 19.4. The molecule has 2 aromatic carbocycles. The maximum absolute atomic E-state index is 13.4. The van der Waals surface area contributed by atoms with Crippen LogP contribution < -0.4 is 10.6 Å². The van der Waals surface area contributed by atoms with Gasteiger partial charge in [0.25, 0.3) is 0 Å². The lowest BCUT2D eigenvalue weighted by molar-refractivity contribution is -0.137. The highest BCUT2D eigenvalue weighted by Gasteiger charge is 2.46. The zero-order valence-electron chi connectivity index (χ0n) is 18.6. The monoisotopic (exact) mass is 463 g/mol. The van der Waals surface area contributed by atoms with Crippen molar-refractivity contribution in [2.24, 2.45) is 5.92 Å². The molecule has 0 saturated carbocycles. The fraction of sp³-hybridized carbons (Fsp3) is 0.458. The molecule has 4 atom stereocenters. The third-order valence-corrected chi connectivity index (χ3v) is 6.07. The van der Waals surface area contributed by atoms with Crippen LogP contribution in [0.5, 0.6) is 0 Å². The van der Waals surface area contributed by atoms with Crippen molar-refractivity contribution in [3.05, 3.63) is 65.2 Å². The van der Waals surface area contributed by atoms with Gasteiger partial charge in [-0.05, 0) is 44.3 Å². The number of alkyl halides is 3. The van der Waals surface area contributed by atoms with Gasteiger partial charge >= 0.3 is 12.3 Å². The van der Waals surface area contributed by atoms with Gasteiger partial charge < -0.3 is 25.0 Å². The second kappa shape index (κ2) is 9.61. The van der Waals surface area contributed by atoms with Crippen LogP contribution in [0, 0.1) is 5.92 Å². The average Bonchev–Trinajstić information content (AvgIpc) is 3.21. The first kappa shape index (κ1) is 23.4. The van der Waals surface area contributed by atoms with Crippen molar-refractivity contribution in [1.29, 1.82) is 0 Å². The van der Waals surface area contributed by atoms with Gasteiger partial charge in [0.2, 0.25) is 0 Å². The van der Waals surface area contributed by atoms with E-state index < -0.39 is 30.0 Å². The molecule has 4 unspecified atom stereocenters. The number of hydrogen-bond acceptors (Lipinski definition) is 5. The highest BCUT2D eigenvalue weighted by Crippen LogP contribution is 2.52. The van der Waals surface area contributed by atoms with Crippen molar-refractivity contribution in [3.8, 4) is 0 Å². The minimum absolute atomic E-state index is 0.0383. The number of carbonyl (C=O) groups is 1. The van der Waals surface area contributed by atoms with E-state index in [9.17, 15) is 18.0 Å². The Bertz CT molecular complexity index is 968.